The van der Waals surface area contributed by atoms with E-state index < -0.39 is 0 Å². The third-order valence-electron chi connectivity index (χ3n) is 2.69. The fourth-order valence-electron chi connectivity index (χ4n) is 1.87. The second-order valence-corrected chi connectivity index (χ2v) is 5.13. The Balaban J connectivity index is 2.04. The maximum atomic E-state index is 2.25. The summed E-state index contributed by atoms with van der Waals surface area (Å²) in [5.74, 6) is 0. The van der Waals surface area contributed by atoms with Crippen molar-refractivity contribution in [3.8, 4) is 0 Å². The van der Waals surface area contributed by atoms with Crippen LogP contribution in [0.3, 0.4) is 0 Å². The summed E-state index contributed by atoms with van der Waals surface area (Å²) in [6.45, 7) is 2.21. The minimum atomic E-state index is 0.890. The summed E-state index contributed by atoms with van der Waals surface area (Å²) in [7, 11) is 0. The number of rotatable bonds is 2. The summed E-state index contributed by atoms with van der Waals surface area (Å²) in [4.78, 5) is 1.48. The molecule has 1 saturated carbocycles. The van der Waals surface area contributed by atoms with Crippen molar-refractivity contribution in [2.24, 2.45) is 0 Å². The van der Waals surface area contributed by atoms with Crippen molar-refractivity contribution < 1.29 is 0 Å². The Morgan fingerprint density at radius 2 is 1.85 bits per heavy atom. The van der Waals surface area contributed by atoms with E-state index >= 15 is 0 Å². The van der Waals surface area contributed by atoms with E-state index in [2.05, 4.69) is 43.0 Å². The van der Waals surface area contributed by atoms with Gasteiger partial charge in [0.15, 0.2) is 0 Å². The monoisotopic (exact) mass is 192 g/mol. The van der Waals surface area contributed by atoms with Crippen LogP contribution >= 0.6 is 11.8 Å². The Morgan fingerprint density at radius 3 is 2.54 bits per heavy atom. The predicted octanol–water partition coefficient (Wildman–Crippen LogP) is 4.03. The second kappa shape index (κ2) is 4.19. The predicted molar refractivity (Wildman–Crippen MR) is 59.3 cm³/mol. The van der Waals surface area contributed by atoms with Crippen molar-refractivity contribution >= 4 is 11.8 Å². The molecule has 1 aliphatic carbocycles. The van der Waals surface area contributed by atoms with Gasteiger partial charge in [0, 0.05) is 10.1 Å². The van der Waals surface area contributed by atoms with Gasteiger partial charge in [0.2, 0.25) is 0 Å². The summed E-state index contributed by atoms with van der Waals surface area (Å²) in [6.07, 6.45) is 5.70. The lowest BCUT2D eigenvalue weighted by Crippen LogP contribution is -1.93. The molecule has 0 heterocycles. The van der Waals surface area contributed by atoms with E-state index in [4.69, 9.17) is 0 Å². The lowest BCUT2D eigenvalue weighted by atomic mass is 10.2. The van der Waals surface area contributed by atoms with Crippen LogP contribution in [0.5, 0.6) is 0 Å². The van der Waals surface area contributed by atoms with Crippen molar-refractivity contribution in [2.45, 2.75) is 42.8 Å². The van der Waals surface area contributed by atoms with Crippen molar-refractivity contribution in [1.82, 2.24) is 0 Å². The molecule has 70 valence electrons. The Bertz CT molecular complexity index is 274. The molecule has 0 aliphatic heterocycles. The molecule has 13 heavy (non-hydrogen) atoms. The number of hydrogen-bond donors (Lipinski definition) is 0. The molecule has 0 aromatic heterocycles. The molecule has 0 amide bonds. The van der Waals surface area contributed by atoms with Crippen LogP contribution in [0.4, 0.5) is 0 Å². The van der Waals surface area contributed by atoms with Gasteiger partial charge in [-0.15, -0.1) is 11.8 Å². The minimum Gasteiger partial charge on any atom is -0.122 e. The van der Waals surface area contributed by atoms with Gasteiger partial charge in [0.1, 0.15) is 0 Å². The molecule has 0 spiro atoms. The quantitative estimate of drug-likeness (QED) is 0.681. The molecular formula is C12H16S. The van der Waals surface area contributed by atoms with Gasteiger partial charge in [0.25, 0.3) is 0 Å². The molecule has 0 radical (unpaired) electrons. The first-order chi connectivity index (χ1) is 6.36. The third-order valence-corrected chi connectivity index (χ3v) is 4.21. The average molecular weight is 192 g/mol. The smallest absolute Gasteiger partial charge is 0.0104 e. The van der Waals surface area contributed by atoms with Crippen LogP contribution in [0.15, 0.2) is 29.2 Å². The Morgan fingerprint density at radius 1 is 1.15 bits per heavy atom. The lowest BCUT2D eigenvalue weighted by molar-refractivity contribution is 0.886. The summed E-state index contributed by atoms with van der Waals surface area (Å²) in [6, 6.07) is 8.72. The Labute approximate surface area is 84.7 Å². The molecule has 2 rings (SSSR count). The average Bonchev–Trinajstić information content (AvgIpc) is 2.61. The fraction of sp³-hybridized carbons (Fsp3) is 0.500. The first kappa shape index (κ1) is 9.14. The maximum Gasteiger partial charge on any atom is 0.0104 e. The van der Waals surface area contributed by atoms with E-state index in [9.17, 15) is 0 Å². The van der Waals surface area contributed by atoms with Crippen LogP contribution in [-0.2, 0) is 0 Å². The minimum absolute atomic E-state index is 0.890. The first-order valence-electron chi connectivity index (χ1n) is 5.08. The van der Waals surface area contributed by atoms with Gasteiger partial charge < -0.3 is 0 Å². The number of thioether (sulfide) groups is 1. The van der Waals surface area contributed by atoms with E-state index in [1.54, 1.807) is 0 Å². The molecule has 1 heteroatoms. The maximum absolute atomic E-state index is 2.25. The molecule has 0 nitrogen and oxygen atoms in total. The van der Waals surface area contributed by atoms with Crippen LogP contribution in [0.2, 0.25) is 0 Å². The highest BCUT2D eigenvalue weighted by Gasteiger charge is 2.16. The zero-order valence-corrected chi connectivity index (χ0v) is 8.94. The molecule has 1 aromatic carbocycles. The van der Waals surface area contributed by atoms with E-state index in [1.165, 1.54) is 36.1 Å². The van der Waals surface area contributed by atoms with Crippen LogP contribution < -0.4 is 0 Å². The van der Waals surface area contributed by atoms with Crippen LogP contribution in [0.1, 0.15) is 31.2 Å². The summed E-state index contributed by atoms with van der Waals surface area (Å²) < 4.78 is 0. The largest absolute Gasteiger partial charge is 0.122 e. The standard InChI is InChI=1S/C12H16S/c1-10-6-2-5-9-12(10)13-11-7-3-4-8-11/h2,5-6,9,11H,3-4,7-8H2,1H3. The van der Waals surface area contributed by atoms with Gasteiger partial charge in [-0.05, 0) is 31.4 Å². The van der Waals surface area contributed by atoms with Gasteiger partial charge in [-0.2, -0.15) is 0 Å². The summed E-state index contributed by atoms with van der Waals surface area (Å²) in [5.41, 5.74) is 1.43. The van der Waals surface area contributed by atoms with Gasteiger partial charge in [-0.1, -0.05) is 31.0 Å². The van der Waals surface area contributed by atoms with Gasteiger partial charge in [-0.3, -0.25) is 0 Å². The van der Waals surface area contributed by atoms with Gasteiger partial charge >= 0.3 is 0 Å². The van der Waals surface area contributed by atoms with Crippen molar-refractivity contribution in [3.63, 3.8) is 0 Å². The molecule has 1 aliphatic rings. The normalized spacial score (nSPS) is 17.9. The van der Waals surface area contributed by atoms with Crippen LogP contribution in [0, 0.1) is 6.92 Å². The van der Waals surface area contributed by atoms with Gasteiger partial charge in [0.05, 0.1) is 0 Å². The van der Waals surface area contributed by atoms with E-state index in [-0.39, 0.29) is 0 Å². The Hall–Kier alpha value is -0.430. The van der Waals surface area contributed by atoms with Gasteiger partial charge in [-0.25, -0.2) is 0 Å². The topological polar surface area (TPSA) is 0 Å². The summed E-state index contributed by atoms with van der Waals surface area (Å²) >= 11 is 2.08. The molecule has 0 atom stereocenters. The zero-order chi connectivity index (χ0) is 9.10. The van der Waals surface area contributed by atoms with Crippen molar-refractivity contribution in [1.29, 1.82) is 0 Å². The van der Waals surface area contributed by atoms with Crippen molar-refractivity contribution in [2.75, 3.05) is 0 Å². The first-order valence-corrected chi connectivity index (χ1v) is 5.96. The number of aryl methyl sites for hydroxylation is 1. The van der Waals surface area contributed by atoms with Crippen molar-refractivity contribution in [3.05, 3.63) is 29.8 Å². The van der Waals surface area contributed by atoms with E-state index in [1.807, 2.05) is 0 Å². The molecule has 1 fully saturated rings. The fourth-order valence-corrected chi connectivity index (χ4v) is 3.21. The molecule has 0 saturated heterocycles. The highest BCUT2D eigenvalue weighted by atomic mass is 32.2. The third kappa shape index (κ3) is 2.28. The molecule has 1 aromatic rings. The molecule has 0 N–H and O–H groups in total. The lowest BCUT2D eigenvalue weighted by Gasteiger charge is -2.10. The summed E-state index contributed by atoms with van der Waals surface area (Å²) in [5, 5.41) is 0.890. The SMILES string of the molecule is Cc1ccccc1SC1CCCC1. The van der Waals surface area contributed by atoms with E-state index in [0.29, 0.717) is 0 Å². The molecule has 0 unspecified atom stereocenters. The van der Waals surface area contributed by atoms with Crippen LogP contribution in [0.25, 0.3) is 0 Å². The number of hydrogen-bond acceptors (Lipinski definition) is 1. The van der Waals surface area contributed by atoms with E-state index in [0.717, 1.165) is 5.25 Å². The second-order valence-electron chi connectivity index (χ2n) is 3.79. The zero-order valence-electron chi connectivity index (χ0n) is 8.12. The Kier molecular flexibility index (Phi) is 2.94. The highest BCUT2D eigenvalue weighted by molar-refractivity contribution is 8.00. The molecule has 0 bridgehead atoms. The highest BCUT2D eigenvalue weighted by Crippen LogP contribution is 2.35. The van der Waals surface area contributed by atoms with Crippen LogP contribution in [-0.4, -0.2) is 5.25 Å². The molecular weight excluding hydrogens is 176 g/mol. The number of benzene rings is 1.